The van der Waals surface area contributed by atoms with E-state index in [0.717, 1.165) is 12.1 Å². The maximum absolute atomic E-state index is 13.2. The minimum absolute atomic E-state index is 0.165. The van der Waals surface area contributed by atoms with E-state index in [4.69, 9.17) is 14.2 Å². The molecule has 194 valence electrons. The molecule has 0 saturated carbocycles. The molecular weight excluding hydrogens is 493 g/mol. The number of hydrogen-bond donors (Lipinski definition) is 2. The van der Waals surface area contributed by atoms with Crippen molar-refractivity contribution in [3.8, 4) is 23.0 Å². The first-order chi connectivity index (χ1) is 17.6. The van der Waals surface area contributed by atoms with Crippen LogP contribution in [0.1, 0.15) is 15.9 Å². The zero-order valence-electron chi connectivity index (χ0n) is 20.0. The van der Waals surface area contributed by atoms with Crippen LogP contribution in [0.25, 0.3) is 6.08 Å². The molecule has 0 bridgehead atoms. The molecule has 3 aromatic carbocycles. The Morgan fingerprint density at radius 3 is 2.03 bits per heavy atom. The lowest BCUT2D eigenvalue weighted by Crippen LogP contribution is -2.30. The van der Waals surface area contributed by atoms with E-state index in [-0.39, 0.29) is 22.9 Å². The molecule has 0 aliphatic heterocycles. The normalized spacial score (nSPS) is 11.4. The number of hydrogen-bond acceptors (Lipinski definition) is 6. The third kappa shape index (κ3) is 7.17. The van der Waals surface area contributed by atoms with E-state index in [9.17, 15) is 22.8 Å². The summed E-state index contributed by atoms with van der Waals surface area (Å²) in [7, 11) is 4.28. The van der Waals surface area contributed by atoms with Crippen LogP contribution in [0, 0.1) is 0 Å². The van der Waals surface area contributed by atoms with Crippen molar-refractivity contribution in [3.05, 3.63) is 83.6 Å². The number of amides is 2. The molecule has 0 aliphatic carbocycles. The summed E-state index contributed by atoms with van der Waals surface area (Å²) in [4.78, 5) is 26.0. The van der Waals surface area contributed by atoms with Crippen molar-refractivity contribution < 1.29 is 41.7 Å². The fraction of sp³-hybridized carbons (Fsp3) is 0.154. The monoisotopic (exact) mass is 516 g/mol. The summed E-state index contributed by atoms with van der Waals surface area (Å²) in [6.45, 7) is 0. The number of halogens is 3. The third-order valence-corrected chi connectivity index (χ3v) is 4.91. The first-order valence-electron chi connectivity index (χ1n) is 10.7. The van der Waals surface area contributed by atoms with Crippen LogP contribution < -0.4 is 29.6 Å². The van der Waals surface area contributed by atoms with Crippen LogP contribution in [-0.2, 0) is 4.79 Å². The number of anilines is 1. The molecule has 0 atom stereocenters. The molecule has 0 heterocycles. The highest BCUT2D eigenvalue weighted by molar-refractivity contribution is 6.10. The number of nitrogens with one attached hydrogen (secondary N) is 2. The fourth-order valence-corrected chi connectivity index (χ4v) is 3.27. The smallest absolute Gasteiger partial charge is 0.493 e. The predicted octanol–water partition coefficient (Wildman–Crippen LogP) is 5.02. The average molecular weight is 516 g/mol. The standard InChI is InChI=1S/C26H23F3N2O6/c1-34-21-14-9-17(22(35-2)23(21)36-3)15-20(31-24(32)16-7-5-4-6-8-16)25(33)30-18-10-12-19(13-11-18)37-26(27,28)29/h4-15H,1-3H3,(H,30,33)(H,31,32)/b20-15-. The first-order valence-corrected chi connectivity index (χ1v) is 10.7. The number of rotatable bonds is 9. The molecule has 3 rings (SSSR count). The molecule has 11 heteroatoms. The second kappa shape index (κ2) is 11.8. The Kier molecular flexibility index (Phi) is 8.62. The zero-order valence-corrected chi connectivity index (χ0v) is 20.0. The van der Waals surface area contributed by atoms with Gasteiger partial charge >= 0.3 is 6.36 Å². The summed E-state index contributed by atoms with van der Waals surface area (Å²) in [5.41, 5.74) is 0.676. The van der Waals surface area contributed by atoms with Crippen molar-refractivity contribution >= 4 is 23.6 Å². The van der Waals surface area contributed by atoms with Gasteiger partial charge in [0.2, 0.25) is 5.75 Å². The van der Waals surface area contributed by atoms with Gasteiger partial charge in [-0.1, -0.05) is 18.2 Å². The lowest BCUT2D eigenvalue weighted by molar-refractivity contribution is -0.274. The highest BCUT2D eigenvalue weighted by Crippen LogP contribution is 2.40. The van der Waals surface area contributed by atoms with Crippen LogP contribution in [0.2, 0.25) is 0 Å². The molecule has 2 N–H and O–H groups in total. The molecule has 8 nitrogen and oxygen atoms in total. The van der Waals surface area contributed by atoms with Crippen molar-refractivity contribution in [2.75, 3.05) is 26.6 Å². The van der Waals surface area contributed by atoms with Crippen molar-refractivity contribution in [2.45, 2.75) is 6.36 Å². The minimum Gasteiger partial charge on any atom is -0.493 e. The van der Waals surface area contributed by atoms with Crippen molar-refractivity contribution in [1.82, 2.24) is 5.32 Å². The van der Waals surface area contributed by atoms with E-state index in [1.807, 2.05) is 0 Å². The Hall–Kier alpha value is -4.67. The maximum Gasteiger partial charge on any atom is 0.573 e. The quantitative estimate of drug-likeness (QED) is 0.388. The van der Waals surface area contributed by atoms with E-state index >= 15 is 0 Å². The van der Waals surface area contributed by atoms with E-state index in [2.05, 4.69) is 15.4 Å². The van der Waals surface area contributed by atoms with Gasteiger partial charge in [0.25, 0.3) is 11.8 Å². The van der Waals surface area contributed by atoms with Gasteiger partial charge in [-0.2, -0.15) is 0 Å². The first kappa shape index (κ1) is 26.9. The van der Waals surface area contributed by atoms with Crippen molar-refractivity contribution in [3.63, 3.8) is 0 Å². The molecule has 0 aromatic heterocycles. The van der Waals surface area contributed by atoms with Gasteiger partial charge < -0.3 is 29.6 Å². The number of carbonyl (C=O) groups excluding carboxylic acids is 2. The van der Waals surface area contributed by atoms with Gasteiger partial charge in [-0.25, -0.2) is 0 Å². The van der Waals surface area contributed by atoms with Crippen LogP contribution in [0.15, 0.2) is 72.4 Å². The van der Waals surface area contributed by atoms with Gasteiger partial charge in [-0.05, 0) is 54.6 Å². The fourth-order valence-electron chi connectivity index (χ4n) is 3.27. The Bertz CT molecular complexity index is 1280. The van der Waals surface area contributed by atoms with E-state index in [0.29, 0.717) is 16.9 Å². The molecule has 0 radical (unpaired) electrons. The molecule has 0 unspecified atom stereocenters. The van der Waals surface area contributed by atoms with Gasteiger partial charge in [0, 0.05) is 16.8 Å². The van der Waals surface area contributed by atoms with Gasteiger partial charge in [0.05, 0.1) is 21.3 Å². The molecule has 0 fully saturated rings. The Balaban J connectivity index is 1.96. The van der Waals surface area contributed by atoms with Crippen molar-refractivity contribution in [2.24, 2.45) is 0 Å². The molecule has 2 amide bonds. The van der Waals surface area contributed by atoms with Gasteiger partial charge in [-0.3, -0.25) is 9.59 Å². The van der Waals surface area contributed by atoms with Crippen LogP contribution in [-0.4, -0.2) is 39.5 Å². The summed E-state index contributed by atoms with van der Waals surface area (Å²) in [6, 6.07) is 16.0. The zero-order chi connectivity index (χ0) is 27.0. The molecule has 3 aromatic rings. The Morgan fingerprint density at radius 2 is 1.46 bits per heavy atom. The molecule has 0 spiro atoms. The maximum atomic E-state index is 13.2. The molecule has 0 saturated heterocycles. The molecule has 37 heavy (non-hydrogen) atoms. The van der Waals surface area contributed by atoms with Crippen LogP contribution in [0.5, 0.6) is 23.0 Å². The number of benzene rings is 3. The Morgan fingerprint density at radius 1 is 0.811 bits per heavy atom. The second-order valence-corrected chi connectivity index (χ2v) is 7.33. The second-order valence-electron chi connectivity index (χ2n) is 7.33. The van der Waals surface area contributed by atoms with Crippen LogP contribution in [0.4, 0.5) is 18.9 Å². The number of ether oxygens (including phenoxy) is 4. The molecular formula is C26H23F3N2O6. The Labute approximate surface area is 210 Å². The summed E-state index contributed by atoms with van der Waals surface area (Å²) in [6.07, 6.45) is -3.47. The summed E-state index contributed by atoms with van der Waals surface area (Å²) in [5.74, 6) is -0.852. The number of alkyl halides is 3. The molecule has 0 aliphatic rings. The van der Waals surface area contributed by atoms with Crippen LogP contribution >= 0.6 is 0 Å². The third-order valence-electron chi connectivity index (χ3n) is 4.91. The lowest BCUT2D eigenvalue weighted by Gasteiger charge is -2.16. The predicted molar refractivity (Wildman–Crippen MR) is 130 cm³/mol. The summed E-state index contributed by atoms with van der Waals surface area (Å²) < 4.78 is 57.2. The van der Waals surface area contributed by atoms with Gasteiger partial charge in [0.15, 0.2) is 11.5 Å². The topological polar surface area (TPSA) is 95.1 Å². The van der Waals surface area contributed by atoms with Crippen LogP contribution in [0.3, 0.4) is 0 Å². The number of methoxy groups -OCH3 is 3. The highest BCUT2D eigenvalue weighted by atomic mass is 19.4. The van der Waals surface area contributed by atoms with Crippen molar-refractivity contribution in [1.29, 1.82) is 0 Å². The SMILES string of the molecule is COc1ccc(/C=C(\NC(=O)c2ccccc2)C(=O)Nc2ccc(OC(F)(F)F)cc2)c(OC)c1OC. The average Bonchev–Trinajstić information content (AvgIpc) is 2.88. The van der Waals surface area contributed by atoms with Gasteiger partial charge in [0.1, 0.15) is 11.4 Å². The summed E-state index contributed by atoms with van der Waals surface area (Å²) >= 11 is 0. The largest absolute Gasteiger partial charge is 0.573 e. The number of carbonyl (C=O) groups is 2. The van der Waals surface area contributed by atoms with E-state index < -0.39 is 23.9 Å². The highest BCUT2D eigenvalue weighted by Gasteiger charge is 2.31. The van der Waals surface area contributed by atoms with Gasteiger partial charge in [-0.15, -0.1) is 13.2 Å². The minimum atomic E-state index is -4.85. The van der Waals surface area contributed by atoms with E-state index in [1.54, 1.807) is 42.5 Å². The lowest BCUT2D eigenvalue weighted by atomic mass is 10.1. The summed E-state index contributed by atoms with van der Waals surface area (Å²) in [5, 5.41) is 5.11. The van der Waals surface area contributed by atoms with E-state index in [1.165, 1.54) is 39.5 Å².